The Balaban J connectivity index is 2.00. The maximum absolute atomic E-state index is 13.0. The van der Waals surface area contributed by atoms with Crippen LogP contribution in [-0.4, -0.2) is 88.2 Å². The number of carboxylic acids is 1. The average Bonchev–Trinajstić information content (AvgIpc) is 3.33. The van der Waals surface area contributed by atoms with Crippen molar-refractivity contribution in [3.05, 3.63) is 36.0 Å². The second-order valence-electron chi connectivity index (χ2n) is 9.10. The molecule has 0 saturated heterocycles. The van der Waals surface area contributed by atoms with E-state index in [1.807, 2.05) is 30.5 Å². The van der Waals surface area contributed by atoms with Crippen LogP contribution in [-0.2, 0) is 25.6 Å². The number of thioether (sulfide) groups is 1. The van der Waals surface area contributed by atoms with Crippen molar-refractivity contribution in [1.29, 1.82) is 0 Å². The maximum Gasteiger partial charge on any atom is 0.326 e. The van der Waals surface area contributed by atoms with Gasteiger partial charge in [0, 0.05) is 29.4 Å². The molecule has 4 atom stereocenters. The summed E-state index contributed by atoms with van der Waals surface area (Å²) in [5, 5.41) is 18.2. The van der Waals surface area contributed by atoms with Crippen molar-refractivity contribution in [3.8, 4) is 0 Å². The van der Waals surface area contributed by atoms with E-state index in [4.69, 9.17) is 17.2 Å². The number of guanidine groups is 1. The van der Waals surface area contributed by atoms with E-state index < -0.39 is 47.9 Å². The number of benzene rings is 1. The minimum atomic E-state index is -1.22. The van der Waals surface area contributed by atoms with Gasteiger partial charge in [-0.25, -0.2) is 4.79 Å². The number of nitrogens with two attached hydrogens (primary N) is 3. The molecule has 4 unspecified atom stereocenters. The molecule has 1 aromatic heterocycles. The summed E-state index contributed by atoms with van der Waals surface area (Å²) in [6.07, 6.45) is 4.53. The van der Waals surface area contributed by atoms with Crippen molar-refractivity contribution < 1.29 is 24.3 Å². The van der Waals surface area contributed by atoms with Gasteiger partial charge in [0.25, 0.3) is 0 Å². The van der Waals surface area contributed by atoms with Crippen molar-refractivity contribution in [2.24, 2.45) is 22.2 Å². The van der Waals surface area contributed by atoms with Gasteiger partial charge in [-0.3, -0.25) is 19.4 Å². The number of amides is 3. The van der Waals surface area contributed by atoms with Gasteiger partial charge < -0.3 is 43.2 Å². The van der Waals surface area contributed by atoms with Crippen LogP contribution < -0.4 is 33.2 Å². The summed E-state index contributed by atoms with van der Waals surface area (Å²) >= 11 is 5.65. The molecule has 13 nitrogen and oxygen atoms in total. The van der Waals surface area contributed by atoms with Crippen LogP contribution in [0.25, 0.3) is 10.9 Å². The number of nitrogens with one attached hydrogen (secondary N) is 4. The first-order chi connectivity index (χ1) is 19.1. The van der Waals surface area contributed by atoms with Gasteiger partial charge >= 0.3 is 5.97 Å². The summed E-state index contributed by atoms with van der Waals surface area (Å²) in [5.41, 5.74) is 18.5. The molecule has 0 aliphatic rings. The summed E-state index contributed by atoms with van der Waals surface area (Å²) in [5.74, 6) is -2.69. The van der Waals surface area contributed by atoms with Crippen LogP contribution in [0.15, 0.2) is 35.5 Å². The second-order valence-corrected chi connectivity index (χ2v) is 10.5. The first kappa shape index (κ1) is 32.8. The fourth-order valence-corrected chi connectivity index (χ4v) is 4.64. The SMILES string of the molecule is CSCCC(NC(=O)C(CS)NC(=O)C(N)Cc1c[nH]c2ccccc12)C(=O)NC(CCCN=C(N)N)C(=O)O. The van der Waals surface area contributed by atoms with E-state index in [9.17, 15) is 24.3 Å². The van der Waals surface area contributed by atoms with Crippen molar-refractivity contribution in [2.45, 2.75) is 49.9 Å². The number of aromatic nitrogens is 1. The largest absolute Gasteiger partial charge is 0.480 e. The Morgan fingerprint density at radius 2 is 1.68 bits per heavy atom. The first-order valence-corrected chi connectivity index (χ1v) is 14.7. The van der Waals surface area contributed by atoms with E-state index in [1.165, 1.54) is 11.8 Å². The monoisotopic (exact) mass is 594 g/mol. The number of aliphatic carboxylic acids is 1. The third-order valence-corrected chi connectivity index (χ3v) is 7.08. The van der Waals surface area contributed by atoms with Gasteiger partial charge in [-0.05, 0) is 49.3 Å². The molecule has 0 fully saturated rings. The maximum atomic E-state index is 13.0. The average molecular weight is 595 g/mol. The van der Waals surface area contributed by atoms with Crippen LogP contribution in [0.2, 0.25) is 0 Å². The number of nitrogens with zero attached hydrogens (tertiary/aromatic N) is 1. The molecule has 2 aromatic rings. The number of carboxylic acid groups (broad SMARTS) is 1. The highest BCUT2D eigenvalue weighted by molar-refractivity contribution is 7.98. The summed E-state index contributed by atoms with van der Waals surface area (Å²) in [6.45, 7) is 0.209. The number of aliphatic imine (C=N–C) groups is 1. The van der Waals surface area contributed by atoms with Crippen LogP contribution in [0.3, 0.4) is 0 Å². The Morgan fingerprint density at radius 3 is 2.33 bits per heavy atom. The number of carbonyl (C=O) groups excluding carboxylic acids is 3. The molecule has 0 bridgehead atoms. The standard InChI is InChI=1S/C25H38N8O5S2/c1-40-10-8-18(22(35)32-19(24(37)38)7-4-9-29-25(27)28)31-23(36)20(13-39)33-21(34)16(26)11-14-12-30-17-6-3-2-5-15(14)17/h2-3,5-6,12,16,18-20,30,39H,4,7-11,13,26H2,1H3,(H,31,36)(H,32,35)(H,33,34)(H,37,38)(H4,27,28,29). The number of rotatable bonds is 17. The minimum Gasteiger partial charge on any atom is -0.480 e. The molecule has 15 heteroatoms. The molecule has 0 saturated carbocycles. The molecule has 2 rings (SSSR count). The zero-order chi connectivity index (χ0) is 29.7. The van der Waals surface area contributed by atoms with Crippen molar-refractivity contribution >= 4 is 64.9 Å². The van der Waals surface area contributed by atoms with E-state index in [0.717, 1.165) is 16.5 Å². The Labute approximate surface area is 242 Å². The third-order valence-electron chi connectivity index (χ3n) is 6.07. The fourth-order valence-electron chi connectivity index (χ4n) is 3.91. The zero-order valence-corrected chi connectivity index (χ0v) is 24.0. The molecule has 0 radical (unpaired) electrons. The molecular weight excluding hydrogens is 556 g/mol. The Kier molecular flexibility index (Phi) is 13.6. The number of aromatic amines is 1. The summed E-state index contributed by atoms with van der Waals surface area (Å²) in [4.78, 5) is 57.5. The lowest BCUT2D eigenvalue weighted by Gasteiger charge is -2.24. The van der Waals surface area contributed by atoms with E-state index >= 15 is 0 Å². The third kappa shape index (κ3) is 10.3. The highest BCUT2D eigenvalue weighted by Crippen LogP contribution is 2.18. The molecule has 3 amide bonds. The molecular formula is C25H38N8O5S2. The van der Waals surface area contributed by atoms with Crippen LogP contribution in [0, 0.1) is 0 Å². The number of para-hydroxylation sites is 1. The molecule has 0 aliphatic carbocycles. The predicted molar refractivity (Wildman–Crippen MR) is 160 cm³/mol. The summed E-state index contributed by atoms with van der Waals surface area (Å²) in [7, 11) is 0. The normalized spacial score (nSPS) is 14.0. The van der Waals surface area contributed by atoms with Crippen molar-refractivity contribution in [2.75, 3.05) is 24.3 Å². The van der Waals surface area contributed by atoms with Crippen molar-refractivity contribution in [1.82, 2.24) is 20.9 Å². The van der Waals surface area contributed by atoms with E-state index in [2.05, 4.69) is 38.6 Å². The van der Waals surface area contributed by atoms with Gasteiger partial charge in [-0.15, -0.1) is 0 Å². The van der Waals surface area contributed by atoms with Gasteiger partial charge in [0.2, 0.25) is 17.7 Å². The second kappa shape index (κ2) is 16.6. The lowest BCUT2D eigenvalue weighted by atomic mass is 10.0. The van der Waals surface area contributed by atoms with Gasteiger partial charge in [0.1, 0.15) is 18.1 Å². The smallest absolute Gasteiger partial charge is 0.326 e. The molecule has 11 N–H and O–H groups in total. The summed E-state index contributed by atoms with van der Waals surface area (Å²) in [6, 6.07) is 3.41. The van der Waals surface area contributed by atoms with Gasteiger partial charge in [0.15, 0.2) is 5.96 Å². The lowest BCUT2D eigenvalue weighted by Crippen LogP contribution is -2.58. The number of hydrogen-bond donors (Lipinski definition) is 9. The molecule has 220 valence electrons. The highest BCUT2D eigenvalue weighted by Gasteiger charge is 2.29. The Morgan fingerprint density at radius 1 is 1.02 bits per heavy atom. The predicted octanol–water partition coefficient (Wildman–Crippen LogP) is -0.687. The van der Waals surface area contributed by atoms with E-state index in [0.29, 0.717) is 12.2 Å². The quantitative estimate of drug-likeness (QED) is 0.0488. The zero-order valence-electron chi connectivity index (χ0n) is 22.3. The van der Waals surface area contributed by atoms with Crippen molar-refractivity contribution in [3.63, 3.8) is 0 Å². The number of hydrogen-bond acceptors (Lipinski definition) is 8. The van der Waals surface area contributed by atoms with Crippen LogP contribution >= 0.6 is 24.4 Å². The van der Waals surface area contributed by atoms with Gasteiger partial charge in [0.05, 0.1) is 6.04 Å². The van der Waals surface area contributed by atoms with Gasteiger partial charge in [-0.2, -0.15) is 24.4 Å². The first-order valence-electron chi connectivity index (χ1n) is 12.7. The highest BCUT2D eigenvalue weighted by atomic mass is 32.2. The van der Waals surface area contributed by atoms with Crippen LogP contribution in [0.1, 0.15) is 24.8 Å². The summed E-state index contributed by atoms with van der Waals surface area (Å²) < 4.78 is 0. The Bertz CT molecular complexity index is 1190. The number of fused-ring (bicyclic) bond motifs is 1. The molecule has 40 heavy (non-hydrogen) atoms. The van der Waals surface area contributed by atoms with Crippen LogP contribution in [0.4, 0.5) is 0 Å². The number of H-pyrrole nitrogens is 1. The topological polar surface area (TPSA) is 231 Å². The fraction of sp³-hybridized carbons (Fsp3) is 0.480. The van der Waals surface area contributed by atoms with Gasteiger partial charge in [-0.1, -0.05) is 18.2 Å². The number of thiol groups is 1. The van der Waals surface area contributed by atoms with E-state index in [1.54, 1.807) is 6.20 Å². The molecule has 1 heterocycles. The molecule has 1 aromatic carbocycles. The molecule has 0 spiro atoms. The minimum absolute atomic E-state index is 0.0449. The van der Waals surface area contributed by atoms with Crippen LogP contribution in [0.5, 0.6) is 0 Å². The number of carbonyl (C=O) groups is 4. The van der Waals surface area contributed by atoms with E-state index in [-0.39, 0.29) is 37.5 Å². The Hall–Kier alpha value is -3.43. The molecule has 0 aliphatic heterocycles. The lowest BCUT2D eigenvalue weighted by molar-refractivity contribution is -0.142.